The normalized spacial score (nSPS) is 12.6. The van der Waals surface area contributed by atoms with Crippen LogP contribution in [0, 0.1) is 19.8 Å². The molecule has 1 amide bonds. The second kappa shape index (κ2) is 9.24. The maximum absolute atomic E-state index is 12.8. The molecule has 1 atom stereocenters. The van der Waals surface area contributed by atoms with Crippen molar-refractivity contribution < 1.29 is 13.2 Å². The predicted molar refractivity (Wildman–Crippen MR) is 115 cm³/mol. The van der Waals surface area contributed by atoms with E-state index in [1.54, 1.807) is 6.07 Å². The average molecular weight is 403 g/mol. The Bertz CT molecular complexity index is 909. The topological polar surface area (TPSA) is 66.5 Å². The summed E-state index contributed by atoms with van der Waals surface area (Å²) in [5, 5.41) is 3.02. The molecule has 0 aromatic heterocycles. The van der Waals surface area contributed by atoms with Crippen LogP contribution in [-0.2, 0) is 14.8 Å². The quantitative estimate of drug-likeness (QED) is 0.726. The molecule has 0 aliphatic heterocycles. The van der Waals surface area contributed by atoms with Gasteiger partial charge in [0, 0.05) is 0 Å². The lowest BCUT2D eigenvalue weighted by Crippen LogP contribution is -2.42. The van der Waals surface area contributed by atoms with Crippen molar-refractivity contribution >= 4 is 21.6 Å². The number of anilines is 1. The van der Waals surface area contributed by atoms with Crippen molar-refractivity contribution in [3.63, 3.8) is 0 Å². The number of aryl methyl sites for hydroxylation is 2. The highest BCUT2D eigenvalue weighted by molar-refractivity contribution is 7.92. The molecule has 1 N–H and O–H groups in total. The van der Waals surface area contributed by atoms with Crippen molar-refractivity contribution in [2.75, 3.05) is 17.1 Å². The molecule has 2 aromatic rings. The summed E-state index contributed by atoms with van der Waals surface area (Å²) in [7, 11) is -3.60. The zero-order chi connectivity index (χ0) is 20.9. The Morgan fingerprint density at radius 2 is 1.71 bits per heavy atom. The molecule has 0 unspecified atom stereocenters. The van der Waals surface area contributed by atoms with Gasteiger partial charge in [0.1, 0.15) is 6.54 Å². The molecule has 5 nitrogen and oxygen atoms in total. The van der Waals surface area contributed by atoms with Crippen LogP contribution < -0.4 is 9.62 Å². The highest BCUT2D eigenvalue weighted by Crippen LogP contribution is 2.24. The fourth-order valence-corrected chi connectivity index (χ4v) is 4.19. The Hall–Kier alpha value is -2.34. The van der Waals surface area contributed by atoms with E-state index in [-0.39, 0.29) is 18.5 Å². The third kappa shape index (κ3) is 6.09. The summed E-state index contributed by atoms with van der Waals surface area (Å²) >= 11 is 0. The zero-order valence-electron chi connectivity index (χ0n) is 17.3. The molecule has 152 valence electrons. The molecule has 0 heterocycles. The van der Waals surface area contributed by atoms with Gasteiger partial charge < -0.3 is 5.32 Å². The molecule has 0 saturated carbocycles. The second-order valence-electron chi connectivity index (χ2n) is 7.72. The smallest absolute Gasteiger partial charge is 0.241 e. The van der Waals surface area contributed by atoms with Gasteiger partial charge in [-0.3, -0.25) is 9.10 Å². The van der Waals surface area contributed by atoms with Crippen LogP contribution in [0.1, 0.15) is 43.0 Å². The molecule has 0 saturated heterocycles. The lowest BCUT2D eigenvalue weighted by atomic mass is 9.97. The number of nitrogens with zero attached hydrogens (tertiary/aromatic N) is 1. The first-order chi connectivity index (χ1) is 13.1. The molecule has 2 rings (SSSR count). The monoisotopic (exact) mass is 402 g/mol. The maximum Gasteiger partial charge on any atom is 0.241 e. The largest absolute Gasteiger partial charge is 0.348 e. The Kier molecular flexibility index (Phi) is 7.24. The number of carbonyl (C=O) groups is 1. The van der Waals surface area contributed by atoms with E-state index in [4.69, 9.17) is 0 Å². The van der Waals surface area contributed by atoms with Crippen LogP contribution in [0.25, 0.3) is 0 Å². The molecule has 6 heteroatoms. The Morgan fingerprint density at radius 1 is 1.07 bits per heavy atom. The standard InChI is InChI=1S/C22H30N2O3S/c1-16(2)13-20(19-9-7-6-8-10-19)23-22(25)15-24(28(5,26)27)21-12-11-17(3)14-18(21)4/h6-12,14,16,20H,13,15H2,1-5H3,(H,23,25)/t20-/m0/s1. The molecule has 2 aromatic carbocycles. The van der Waals surface area contributed by atoms with Crippen molar-refractivity contribution in [3.05, 3.63) is 65.2 Å². The van der Waals surface area contributed by atoms with Crippen LogP contribution in [0.3, 0.4) is 0 Å². The number of nitrogens with one attached hydrogen (secondary N) is 1. The van der Waals surface area contributed by atoms with Crippen molar-refractivity contribution in [1.29, 1.82) is 0 Å². The maximum atomic E-state index is 12.8. The molecular formula is C22H30N2O3S. The number of amides is 1. The first-order valence-corrected chi connectivity index (χ1v) is 11.3. The van der Waals surface area contributed by atoms with E-state index in [1.807, 2.05) is 56.3 Å². The summed E-state index contributed by atoms with van der Waals surface area (Å²) in [6.45, 7) is 7.75. The summed E-state index contributed by atoms with van der Waals surface area (Å²) < 4.78 is 25.9. The van der Waals surface area contributed by atoms with Crippen molar-refractivity contribution in [1.82, 2.24) is 5.32 Å². The minimum absolute atomic E-state index is 0.158. The van der Waals surface area contributed by atoms with Gasteiger partial charge in [-0.05, 0) is 43.4 Å². The van der Waals surface area contributed by atoms with E-state index in [2.05, 4.69) is 19.2 Å². The first-order valence-electron chi connectivity index (χ1n) is 9.47. The Morgan fingerprint density at radius 3 is 2.25 bits per heavy atom. The number of carbonyl (C=O) groups excluding carboxylic acids is 1. The van der Waals surface area contributed by atoms with Gasteiger partial charge in [-0.25, -0.2) is 8.42 Å². The van der Waals surface area contributed by atoms with E-state index in [9.17, 15) is 13.2 Å². The molecule has 0 spiro atoms. The SMILES string of the molecule is Cc1ccc(N(CC(=O)N[C@@H](CC(C)C)c2ccccc2)S(C)(=O)=O)c(C)c1. The summed E-state index contributed by atoms with van der Waals surface area (Å²) in [6, 6.07) is 15.1. The van der Waals surface area contributed by atoms with Crippen LogP contribution in [0.4, 0.5) is 5.69 Å². The van der Waals surface area contributed by atoms with Gasteiger partial charge in [-0.1, -0.05) is 61.9 Å². The van der Waals surface area contributed by atoms with E-state index >= 15 is 0 Å². The minimum Gasteiger partial charge on any atom is -0.348 e. The van der Waals surface area contributed by atoms with Gasteiger partial charge in [0.25, 0.3) is 0 Å². The van der Waals surface area contributed by atoms with Gasteiger partial charge in [0.15, 0.2) is 0 Å². The number of benzene rings is 2. The van der Waals surface area contributed by atoms with Crippen LogP contribution in [0.2, 0.25) is 0 Å². The lowest BCUT2D eigenvalue weighted by molar-refractivity contribution is -0.120. The zero-order valence-corrected chi connectivity index (χ0v) is 18.1. The molecule has 0 radical (unpaired) electrons. The third-order valence-electron chi connectivity index (χ3n) is 4.55. The van der Waals surface area contributed by atoms with Crippen LogP contribution in [0.5, 0.6) is 0 Å². The lowest BCUT2D eigenvalue weighted by Gasteiger charge is -2.26. The van der Waals surface area contributed by atoms with Crippen LogP contribution in [0.15, 0.2) is 48.5 Å². The Balaban J connectivity index is 2.25. The number of sulfonamides is 1. The summed E-state index contributed by atoms with van der Waals surface area (Å²) in [4.78, 5) is 12.8. The molecule has 0 fully saturated rings. The number of hydrogen-bond acceptors (Lipinski definition) is 3. The summed E-state index contributed by atoms with van der Waals surface area (Å²) in [6.07, 6.45) is 1.90. The molecule has 0 aliphatic carbocycles. The van der Waals surface area contributed by atoms with Crippen molar-refractivity contribution in [2.45, 2.75) is 40.2 Å². The van der Waals surface area contributed by atoms with Crippen LogP contribution in [-0.4, -0.2) is 27.1 Å². The van der Waals surface area contributed by atoms with Gasteiger partial charge in [-0.15, -0.1) is 0 Å². The van der Waals surface area contributed by atoms with Gasteiger partial charge in [0.05, 0.1) is 18.0 Å². The van der Waals surface area contributed by atoms with Gasteiger partial charge in [-0.2, -0.15) is 0 Å². The van der Waals surface area contributed by atoms with Crippen molar-refractivity contribution in [2.24, 2.45) is 5.92 Å². The average Bonchev–Trinajstić information content (AvgIpc) is 2.59. The minimum atomic E-state index is -3.60. The highest BCUT2D eigenvalue weighted by atomic mass is 32.2. The first kappa shape index (κ1) is 22.0. The Labute approximate surface area is 168 Å². The van der Waals surface area contributed by atoms with Crippen LogP contribution >= 0.6 is 0 Å². The number of hydrogen-bond donors (Lipinski definition) is 1. The van der Waals surface area contributed by atoms with E-state index in [1.165, 1.54) is 4.31 Å². The van der Waals surface area contributed by atoms with E-state index < -0.39 is 10.0 Å². The molecular weight excluding hydrogens is 372 g/mol. The van der Waals surface area contributed by atoms with Gasteiger partial charge >= 0.3 is 0 Å². The van der Waals surface area contributed by atoms with Crippen molar-refractivity contribution in [3.8, 4) is 0 Å². The number of rotatable bonds is 8. The van der Waals surface area contributed by atoms with Gasteiger partial charge in [0.2, 0.25) is 15.9 Å². The molecule has 0 aliphatic rings. The highest BCUT2D eigenvalue weighted by Gasteiger charge is 2.24. The summed E-state index contributed by atoms with van der Waals surface area (Å²) in [5.74, 6) is 0.0655. The van der Waals surface area contributed by atoms with E-state index in [0.29, 0.717) is 11.6 Å². The summed E-state index contributed by atoms with van der Waals surface area (Å²) in [5.41, 5.74) is 3.41. The molecule has 28 heavy (non-hydrogen) atoms. The fraction of sp³-hybridized carbons (Fsp3) is 0.409. The third-order valence-corrected chi connectivity index (χ3v) is 5.68. The fourth-order valence-electron chi connectivity index (χ4n) is 3.27. The molecule has 0 bridgehead atoms. The second-order valence-corrected chi connectivity index (χ2v) is 9.63. The predicted octanol–water partition coefficient (Wildman–Crippen LogP) is 3.97. The van der Waals surface area contributed by atoms with E-state index in [0.717, 1.165) is 29.4 Å².